The van der Waals surface area contributed by atoms with Gasteiger partial charge in [-0.3, -0.25) is 4.79 Å². The average Bonchev–Trinajstić information content (AvgIpc) is 2.23. The van der Waals surface area contributed by atoms with E-state index in [1.807, 2.05) is 0 Å². The quantitative estimate of drug-likeness (QED) is 0.876. The van der Waals surface area contributed by atoms with Gasteiger partial charge >= 0.3 is 0 Å². The van der Waals surface area contributed by atoms with Crippen LogP contribution in [-0.4, -0.2) is 38.0 Å². The van der Waals surface area contributed by atoms with Gasteiger partial charge in [-0.15, -0.1) is 0 Å². The fourth-order valence-corrected chi connectivity index (χ4v) is 1.50. The highest BCUT2D eigenvalue weighted by molar-refractivity contribution is 6.31. The lowest BCUT2D eigenvalue weighted by atomic mass is 10.2. The molecule has 0 heterocycles. The van der Waals surface area contributed by atoms with Crippen LogP contribution < -0.4 is 5.32 Å². The van der Waals surface area contributed by atoms with Crippen molar-refractivity contribution in [2.75, 3.05) is 27.2 Å². The van der Waals surface area contributed by atoms with Crippen LogP contribution in [0.1, 0.15) is 10.4 Å². The summed E-state index contributed by atoms with van der Waals surface area (Å²) in [6.45, 7) is 1.24. The van der Waals surface area contributed by atoms with E-state index >= 15 is 0 Å². The number of rotatable bonds is 4. The van der Waals surface area contributed by atoms with Crippen LogP contribution in [0, 0.1) is 5.82 Å². The second kappa shape index (κ2) is 5.82. The number of likely N-dealkylation sites (N-methyl/N-ethyl adjacent to an activating group) is 2. The molecule has 88 valence electrons. The normalized spacial score (nSPS) is 10.2. The van der Waals surface area contributed by atoms with Crippen LogP contribution in [0.15, 0.2) is 18.2 Å². The molecular weight excluding hydrogens is 231 g/mol. The summed E-state index contributed by atoms with van der Waals surface area (Å²) >= 11 is 5.68. The second-order valence-corrected chi connectivity index (χ2v) is 3.92. The molecule has 0 aliphatic carbocycles. The molecular formula is C11H14ClFN2O. The van der Waals surface area contributed by atoms with E-state index in [1.54, 1.807) is 14.1 Å². The van der Waals surface area contributed by atoms with Crippen molar-refractivity contribution in [1.82, 2.24) is 10.2 Å². The summed E-state index contributed by atoms with van der Waals surface area (Å²) in [6.07, 6.45) is 0. The topological polar surface area (TPSA) is 32.3 Å². The number of hydrogen-bond acceptors (Lipinski definition) is 2. The second-order valence-electron chi connectivity index (χ2n) is 3.49. The lowest BCUT2D eigenvalue weighted by molar-refractivity contribution is 0.0796. The molecule has 0 atom stereocenters. The van der Waals surface area contributed by atoms with Gasteiger partial charge in [-0.2, -0.15) is 0 Å². The first-order valence-electron chi connectivity index (χ1n) is 4.90. The maximum Gasteiger partial charge on any atom is 0.253 e. The van der Waals surface area contributed by atoms with Crippen LogP contribution in [0.4, 0.5) is 4.39 Å². The molecule has 0 aromatic heterocycles. The summed E-state index contributed by atoms with van der Waals surface area (Å²) in [7, 11) is 3.47. The van der Waals surface area contributed by atoms with E-state index in [9.17, 15) is 9.18 Å². The Bertz CT molecular complexity index is 364. The van der Waals surface area contributed by atoms with Gasteiger partial charge in [-0.05, 0) is 25.2 Å². The zero-order valence-corrected chi connectivity index (χ0v) is 10.0. The van der Waals surface area contributed by atoms with Crippen LogP contribution in [0.25, 0.3) is 0 Å². The highest BCUT2D eigenvalue weighted by Crippen LogP contribution is 2.15. The zero-order valence-electron chi connectivity index (χ0n) is 9.26. The first-order valence-corrected chi connectivity index (χ1v) is 5.28. The van der Waals surface area contributed by atoms with Crippen molar-refractivity contribution in [3.63, 3.8) is 0 Å². The van der Waals surface area contributed by atoms with Crippen molar-refractivity contribution in [1.29, 1.82) is 0 Å². The van der Waals surface area contributed by atoms with Gasteiger partial charge in [0, 0.05) is 30.7 Å². The summed E-state index contributed by atoms with van der Waals surface area (Å²) in [5.41, 5.74) is 0.267. The average molecular weight is 245 g/mol. The largest absolute Gasteiger partial charge is 0.340 e. The van der Waals surface area contributed by atoms with Gasteiger partial charge in [0.15, 0.2) is 0 Å². The molecule has 1 aromatic rings. The third kappa shape index (κ3) is 3.47. The Morgan fingerprint density at radius 1 is 1.50 bits per heavy atom. The Morgan fingerprint density at radius 3 is 2.75 bits per heavy atom. The molecule has 0 saturated carbocycles. The molecule has 0 aliphatic rings. The molecule has 0 spiro atoms. The Labute approximate surface area is 99.2 Å². The predicted octanol–water partition coefficient (Wildman–Crippen LogP) is 1.77. The number of carbonyl (C=O) groups is 1. The van der Waals surface area contributed by atoms with E-state index in [1.165, 1.54) is 23.1 Å². The molecule has 1 amide bonds. The van der Waals surface area contributed by atoms with Crippen LogP contribution in [0.5, 0.6) is 0 Å². The van der Waals surface area contributed by atoms with Crippen LogP contribution in [0.2, 0.25) is 5.02 Å². The van der Waals surface area contributed by atoms with Crippen molar-refractivity contribution in [3.05, 3.63) is 34.6 Å². The Hall–Kier alpha value is -1.13. The van der Waals surface area contributed by atoms with Gasteiger partial charge in [-0.25, -0.2) is 4.39 Å². The van der Waals surface area contributed by atoms with E-state index in [-0.39, 0.29) is 16.5 Å². The predicted molar refractivity (Wildman–Crippen MR) is 62.3 cm³/mol. The molecule has 3 nitrogen and oxygen atoms in total. The van der Waals surface area contributed by atoms with Crippen molar-refractivity contribution >= 4 is 17.5 Å². The van der Waals surface area contributed by atoms with Gasteiger partial charge in [0.2, 0.25) is 0 Å². The minimum atomic E-state index is -0.502. The maximum atomic E-state index is 13.0. The van der Waals surface area contributed by atoms with Gasteiger partial charge in [0.05, 0.1) is 0 Å². The standard InChI is InChI=1S/C11H14ClFN2O/c1-14-3-4-15(2)11(16)8-5-9(12)7-10(13)6-8/h5-7,14H,3-4H2,1-2H3. The lowest BCUT2D eigenvalue weighted by Crippen LogP contribution is -2.32. The smallest absolute Gasteiger partial charge is 0.253 e. The van der Waals surface area contributed by atoms with Crippen LogP contribution >= 0.6 is 11.6 Å². The van der Waals surface area contributed by atoms with Crippen LogP contribution in [-0.2, 0) is 0 Å². The van der Waals surface area contributed by atoms with Crippen molar-refractivity contribution < 1.29 is 9.18 Å². The van der Waals surface area contributed by atoms with E-state index in [4.69, 9.17) is 11.6 Å². The highest BCUT2D eigenvalue weighted by atomic mass is 35.5. The van der Waals surface area contributed by atoms with E-state index in [0.717, 1.165) is 0 Å². The maximum absolute atomic E-state index is 13.0. The number of halogens is 2. The molecule has 1 N–H and O–H groups in total. The number of hydrogen-bond donors (Lipinski definition) is 1. The van der Waals surface area contributed by atoms with Gasteiger partial charge in [0.1, 0.15) is 5.82 Å². The lowest BCUT2D eigenvalue weighted by Gasteiger charge is -2.17. The van der Waals surface area contributed by atoms with Crippen LogP contribution in [0.3, 0.4) is 0 Å². The molecule has 0 unspecified atom stereocenters. The van der Waals surface area contributed by atoms with Gasteiger partial charge < -0.3 is 10.2 Å². The SMILES string of the molecule is CNCCN(C)C(=O)c1cc(F)cc(Cl)c1. The molecule has 0 saturated heterocycles. The molecule has 0 radical (unpaired) electrons. The monoisotopic (exact) mass is 244 g/mol. The molecule has 5 heteroatoms. The zero-order chi connectivity index (χ0) is 12.1. The number of amides is 1. The van der Waals surface area contributed by atoms with E-state index < -0.39 is 5.82 Å². The number of nitrogens with one attached hydrogen (secondary N) is 1. The van der Waals surface area contributed by atoms with Crippen molar-refractivity contribution in [2.24, 2.45) is 0 Å². The first kappa shape index (κ1) is 12.9. The summed E-state index contributed by atoms with van der Waals surface area (Å²) in [4.78, 5) is 13.3. The Balaban J connectivity index is 2.79. The fraction of sp³-hybridized carbons (Fsp3) is 0.364. The van der Waals surface area contributed by atoms with E-state index in [0.29, 0.717) is 13.1 Å². The van der Waals surface area contributed by atoms with Gasteiger partial charge in [0.25, 0.3) is 5.91 Å². The summed E-state index contributed by atoms with van der Waals surface area (Å²) in [5, 5.41) is 3.16. The summed E-state index contributed by atoms with van der Waals surface area (Å²) in [5.74, 6) is -0.741. The van der Waals surface area contributed by atoms with Crippen molar-refractivity contribution in [3.8, 4) is 0 Å². The highest BCUT2D eigenvalue weighted by Gasteiger charge is 2.12. The molecule has 0 aliphatic heterocycles. The molecule has 1 rings (SSSR count). The molecule has 0 bridgehead atoms. The molecule has 1 aromatic carbocycles. The van der Waals surface area contributed by atoms with Crippen molar-refractivity contribution in [2.45, 2.75) is 0 Å². The first-order chi connectivity index (χ1) is 7.54. The van der Waals surface area contributed by atoms with Gasteiger partial charge in [-0.1, -0.05) is 11.6 Å². The minimum absolute atomic E-state index is 0.227. The third-order valence-electron chi connectivity index (χ3n) is 2.15. The fourth-order valence-electron chi connectivity index (χ4n) is 1.28. The third-order valence-corrected chi connectivity index (χ3v) is 2.37. The Morgan fingerprint density at radius 2 is 2.19 bits per heavy atom. The Kier molecular flexibility index (Phi) is 4.71. The molecule has 16 heavy (non-hydrogen) atoms. The molecule has 0 fully saturated rings. The van der Waals surface area contributed by atoms with E-state index in [2.05, 4.69) is 5.32 Å². The number of carbonyl (C=O) groups excluding carboxylic acids is 1. The number of nitrogens with zero attached hydrogens (tertiary/aromatic N) is 1. The summed E-state index contributed by atoms with van der Waals surface area (Å²) in [6, 6.07) is 3.82. The minimum Gasteiger partial charge on any atom is -0.340 e. The number of benzene rings is 1. The summed E-state index contributed by atoms with van der Waals surface area (Å²) < 4.78 is 13.0.